The van der Waals surface area contributed by atoms with Crippen LogP contribution in [0.1, 0.15) is 19.5 Å². The topological polar surface area (TPSA) is 35.0 Å². The third-order valence-corrected chi connectivity index (χ3v) is 1.70. The van der Waals surface area contributed by atoms with Gasteiger partial charge < -0.3 is 4.74 Å². The van der Waals surface area contributed by atoms with E-state index >= 15 is 0 Å². The Kier molecular flexibility index (Phi) is 2.19. The van der Waals surface area contributed by atoms with Crippen molar-refractivity contribution in [2.24, 2.45) is 0 Å². The molecule has 11 heavy (non-hydrogen) atoms. The summed E-state index contributed by atoms with van der Waals surface area (Å²) in [6.45, 7) is 3.91. The third kappa shape index (κ3) is 1.74. The van der Waals surface area contributed by atoms with Crippen molar-refractivity contribution in [3.63, 3.8) is 0 Å². The number of hydrogen-bond acceptors (Lipinski definition) is 3. The molecule has 0 N–H and O–H groups in total. The van der Waals surface area contributed by atoms with Crippen LogP contribution < -0.4 is 0 Å². The predicted molar refractivity (Wildman–Crippen MR) is 42.1 cm³/mol. The highest BCUT2D eigenvalue weighted by molar-refractivity contribution is 5.07. The van der Waals surface area contributed by atoms with Crippen molar-refractivity contribution in [3.8, 4) is 0 Å². The highest BCUT2D eigenvalue weighted by atomic mass is 16.5. The Morgan fingerprint density at radius 3 is 2.64 bits per heavy atom. The maximum Gasteiger partial charge on any atom is 0.106 e. The van der Waals surface area contributed by atoms with Crippen molar-refractivity contribution in [1.29, 1.82) is 0 Å². The van der Waals surface area contributed by atoms with Crippen molar-refractivity contribution in [2.75, 3.05) is 7.11 Å². The van der Waals surface area contributed by atoms with Gasteiger partial charge in [0.1, 0.15) is 5.60 Å². The minimum Gasteiger partial charge on any atom is -0.372 e. The van der Waals surface area contributed by atoms with Gasteiger partial charge in [0, 0.05) is 13.3 Å². The highest BCUT2D eigenvalue weighted by Gasteiger charge is 2.20. The minimum atomic E-state index is -0.339. The molecule has 0 unspecified atom stereocenters. The average molecular weight is 152 g/mol. The summed E-state index contributed by atoms with van der Waals surface area (Å²) in [6, 6.07) is 3.75. The molecule has 0 aliphatic rings. The number of nitrogens with zero attached hydrogens (tertiary/aromatic N) is 2. The fourth-order valence-corrected chi connectivity index (χ4v) is 0.727. The summed E-state index contributed by atoms with van der Waals surface area (Å²) in [5.74, 6) is 0. The first kappa shape index (κ1) is 8.14. The lowest BCUT2D eigenvalue weighted by molar-refractivity contribution is 0.0147. The van der Waals surface area contributed by atoms with Gasteiger partial charge in [0.05, 0.1) is 5.69 Å². The van der Waals surface area contributed by atoms with E-state index in [0.29, 0.717) is 0 Å². The number of rotatable bonds is 2. The Bertz CT molecular complexity index is 221. The standard InChI is InChI=1S/C8H12N2O/c1-8(2,11-3)7-5-4-6-9-10-7/h4-6H,1-3H3. The van der Waals surface area contributed by atoms with E-state index in [1.807, 2.05) is 26.0 Å². The zero-order valence-corrected chi connectivity index (χ0v) is 7.03. The van der Waals surface area contributed by atoms with Gasteiger partial charge in [-0.2, -0.15) is 10.2 Å². The van der Waals surface area contributed by atoms with E-state index in [0.717, 1.165) is 5.69 Å². The van der Waals surface area contributed by atoms with E-state index < -0.39 is 0 Å². The van der Waals surface area contributed by atoms with Gasteiger partial charge in [-0.05, 0) is 26.0 Å². The maximum atomic E-state index is 5.22. The van der Waals surface area contributed by atoms with Crippen LogP contribution in [0.25, 0.3) is 0 Å². The second-order valence-electron chi connectivity index (χ2n) is 2.82. The van der Waals surface area contributed by atoms with Crippen LogP contribution in [0.5, 0.6) is 0 Å². The quantitative estimate of drug-likeness (QED) is 0.641. The molecule has 60 valence electrons. The van der Waals surface area contributed by atoms with Gasteiger partial charge in [0.2, 0.25) is 0 Å². The summed E-state index contributed by atoms with van der Waals surface area (Å²) in [7, 11) is 1.66. The Morgan fingerprint density at radius 1 is 1.45 bits per heavy atom. The van der Waals surface area contributed by atoms with Crippen molar-refractivity contribution in [3.05, 3.63) is 24.0 Å². The molecule has 0 aliphatic carbocycles. The summed E-state index contributed by atoms with van der Waals surface area (Å²) in [4.78, 5) is 0. The molecule has 1 aromatic heterocycles. The lowest BCUT2D eigenvalue weighted by atomic mass is 10.1. The average Bonchev–Trinajstić information content (AvgIpc) is 2.06. The van der Waals surface area contributed by atoms with Crippen LogP contribution in [-0.4, -0.2) is 17.3 Å². The molecule has 0 radical (unpaired) electrons. The molecular weight excluding hydrogens is 140 g/mol. The third-order valence-electron chi connectivity index (χ3n) is 1.70. The van der Waals surface area contributed by atoms with Crippen LogP contribution in [-0.2, 0) is 10.3 Å². The second kappa shape index (κ2) is 2.96. The lowest BCUT2D eigenvalue weighted by Crippen LogP contribution is -2.21. The highest BCUT2D eigenvalue weighted by Crippen LogP contribution is 2.19. The maximum absolute atomic E-state index is 5.22. The summed E-state index contributed by atoms with van der Waals surface area (Å²) >= 11 is 0. The SMILES string of the molecule is COC(C)(C)c1cccnn1. The second-order valence-corrected chi connectivity index (χ2v) is 2.82. The van der Waals surface area contributed by atoms with Gasteiger partial charge in [-0.15, -0.1) is 0 Å². The van der Waals surface area contributed by atoms with Gasteiger partial charge in [-0.1, -0.05) is 0 Å². The normalized spacial score (nSPS) is 11.5. The smallest absolute Gasteiger partial charge is 0.106 e. The molecule has 3 heteroatoms. The van der Waals surface area contributed by atoms with Gasteiger partial charge in [-0.3, -0.25) is 0 Å². The van der Waals surface area contributed by atoms with Crippen molar-refractivity contribution in [2.45, 2.75) is 19.4 Å². The van der Waals surface area contributed by atoms with Crippen LogP contribution in [0.2, 0.25) is 0 Å². The zero-order valence-electron chi connectivity index (χ0n) is 7.03. The molecular formula is C8H12N2O. The van der Waals surface area contributed by atoms with Crippen LogP contribution >= 0.6 is 0 Å². The molecule has 0 saturated heterocycles. The molecule has 0 bridgehead atoms. The number of ether oxygens (including phenoxy) is 1. The molecule has 0 atom stereocenters. The molecule has 1 rings (SSSR count). The number of aromatic nitrogens is 2. The largest absolute Gasteiger partial charge is 0.372 e. The van der Waals surface area contributed by atoms with Crippen LogP contribution in [0.3, 0.4) is 0 Å². The Morgan fingerprint density at radius 2 is 2.18 bits per heavy atom. The number of methoxy groups -OCH3 is 1. The molecule has 1 aromatic rings. The molecule has 0 aromatic carbocycles. The first-order chi connectivity index (χ1) is 5.17. The first-order valence-corrected chi connectivity index (χ1v) is 3.50. The van der Waals surface area contributed by atoms with E-state index in [9.17, 15) is 0 Å². The lowest BCUT2D eigenvalue weighted by Gasteiger charge is -2.20. The predicted octanol–water partition coefficient (Wildman–Crippen LogP) is 1.36. The summed E-state index contributed by atoms with van der Waals surface area (Å²) in [5.41, 5.74) is 0.511. The monoisotopic (exact) mass is 152 g/mol. The molecule has 1 heterocycles. The number of hydrogen-bond donors (Lipinski definition) is 0. The van der Waals surface area contributed by atoms with E-state index in [2.05, 4.69) is 10.2 Å². The van der Waals surface area contributed by atoms with Crippen LogP contribution in [0.15, 0.2) is 18.3 Å². The minimum absolute atomic E-state index is 0.339. The molecule has 0 fully saturated rings. The fourth-order valence-electron chi connectivity index (χ4n) is 0.727. The summed E-state index contributed by atoms with van der Waals surface area (Å²) in [6.07, 6.45) is 1.65. The van der Waals surface area contributed by atoms with E-state index in [4.69, 9.17) is 4.74 Å². The van der Waals surface area contributed by atoms with Gasteiger partial charge in [0.15, 0.2) is 0 Å². The van der Waals surface area contributed by atoms with Crippen molar-refractivity contribution < 1.29 is 4.74 Å². The first-order valence-electron chi connectivity index (χ1n) is 3.50. The molecule has 0 saturated carbocycles. The van der Waals surface area contributed by atoms with E-state index in [1.54, 1.807) is 13.3 Å². The van der Waals surface area contributed by atoms with E-state index in [1.165, 1.54) is 0 Å². The molecule has 0 aliphatic heterocycles. The summed E-state index contributed by atoms with van der Waals surface area (Å²) in [5, 5.41) is 7.72. The fraction of sp³-hybridized carbons (Fsp3) is 0.500. The molecule has 3 nitrogen and oxygen atoms in total. The van der Waals surface area contributed by atoms with Crippen LogP contribution in [0.4, 0.5) is 0 Å². The zero-order chi connectivity index (χ0) is 8.32. The summed E-state index contributed by atoms with van der Waals surface area (Å²) < 4.78 is 5.22. The van der Waals surface area contributed by atoms with Crippen molar-refractivity contribution in [1.82, 2.24) is 10.2 Å². The molecule has 0 spiro atoms. The Labute approximate surface area is 66.4 Å². The van der Waals surface area contributed by atoms with Gasteiger partial charge in [-0.25, -0.2) is 0 Å². The Hall–Kier alpha value is -0.960. The molecule has 0 amide bonds. The van der Waals surface area contributed by atoms with Gasteiger partial charge >= 0.3 is 0 Å². The van der Waals surface area contributed by atoms with Gasteiger partial charge in [0.25, 0.3) is 0 Å². The van der Waals surface area contributed by atoms with Crippen molar-refractivity contribution >= 4 is 0 Å². The van der Waals surface area contributed by atoms with E-state index in [-0.39, 0.29) is 5.60 Å². The van der Waals surface area contributed by atoms with Crippen LogP contribution in [0, 0.1) is 0 Å². The Balaban J connectivity index is 2.93.